The highest BCUT2D eigenvalue weighted by molar-refractivity contribution is 4.90. The molecule has 0 bridgehead atoms. The van der Waals surface area contributed by atoms with Crippen molar-refractivity contribution in [2.24, 2.45) is 5.92 Å². The Morgan fingerprint density at radius 1 is 1.35 bits per heavy atom. The molecular weight excluding hydrogens is 212 g/mol. The summed E-state index contributed by atoms with van der Waals surface area (Å²) >= 11 is 0. The van der Waals surface area contributed by atoms with Crippen molar-refractivity contribution in [1.82, 2.24) is 10.2 Å². The van der Waals surface area contributed by atoms with Gasteiger partial charge in [0.25, 0.3) is 0 Å². The molecule has 0 aromatic carbocycles. The molecule has 2 N–H and O–H groups in total. The van der Waals surface area contributed by atoms with Gasteiger partial charge in [0, 0.05) is 25.2 Å². The summed E-state index contributed by atoms with van der Waals surface area (Å²) in [7, 11) is 0. The van der Waals surface area contributed by atoms with E-state index in [0.29, 0.717) is 12.6 Å². The smallest absolute Gasteiger partial charge is 0.0558 e. The van der Waals surface area contributed by atoms with Crippen LogP contribution < -0.4 is 5.32 Å². The number of nitrogens with one attached hydrogen (secondary N) is 1. The molecule has 100 valence electrons. The van der Waals surface area contributed by atoms with E-state index >= 15 is 0 Å². The first kappa shape index (κ1) is 13.3. The maximum absolute atomic E-state index is 9.27. The van der Waals surface area contributed by atoms with Gasteiger partial charge >= 0.3 is 0 Å². The molecule has 0 aromatic rings. The van der Waals surface area contributed by atoms with Gasteiger partial charge in [0.2, 0.25) is 0 Å². The van der Waals surface area contributed by atoms with E-state index in [2.05, 4.69) is 17.1 Å². The van der Waals surface area contributed by atoms with E-state index in [1.807, 2.05) is 0 Å². The zero-order valence-electron chi connectivity index (χ0n) is 11.2. The van der Waals surface area contributed by atoms with Crippen LogP contribution in [0.15, 0.2) is 0 Å². The second-order valence-corrected chi connectivity index (χ2v) is 5.71. The van der Waals surface area contributed by atoms with Gasteiger partial charge < -0.3 is 10.4 Å². The van der Waals surface area contributed by atoms with E-state index in [1.54, 1.807) is 0 Å². The van der Waals surface area contributed by atoms with Crippen molar-refractivity contribution in [2.45, 2.75) is 57.5 Å². The van der Waals surface area contributed by atoms with Crippen LogP contribution in [0.2, 0.25) is 0 Å². The zero-order chi connectivity index (χ0) is 12.1. The fraction of sp³-hybridized carbons (Fsp3) is 1.00. The SMILES string of the molecule is CCCC(C1CC1)N(CCO)CC1CCCN1. The second kappa shape index (κ2) is 6.72. The van der Waals surface area contributed by atoms with E-state index in [-0.39, 0.29) is 0 Å². The third-order valence-corrected chi connectivity index (χ3v) is 4.22. The van der Waals surface area contributed by atoms with Crippen LogP contribution in [0.1, 0.15) is 45.4 Å². The number of aliphatic hydroxyl groups is 1. The van der Waals surface area contributed by atoms with Crippen LogP contribution in [0.25, 0.3) is 0 Å². The lowest BCUT2D eigenvalue weighted by atomic mass is 10.0. The summed E-state index contributed by atoms with van der Waals surface area (Å²) in [5.74, 6) is 0.919. The zero-order valence-corrected chi connectivity index (χ0v) is 11.2. The first-order chi connectivity index (χ1) is 8.35. The van der Waals surface area contributed by atoms with Crippen LogP contribution >= 0.6 is 0 Å². The van der Waals surface area contributed by atoms with Crippen LogP contribution in [-0.2, 0) is 0 Å². The quantitative estimate of drug-likeness (QED) is 0.676. The largest absolute Gasteiger partial charge is 0.395 e. The highest BCUT2D eigenvalue weighted by atomic mass is 16.3. The van der Waals surface area contributed by atoms with Crippen molar-refractivity contribution in [3.63, 3.8) is 0 Å². The molecule has 1 saturated heterocycles. The van der Waals surface area contributed by atoms with E-state index in [0.717, 1.165) is 25.0 Å². The Bertz CT molecular complexity index is 212. The minimum absolute atomic E-state index is 0.305. The molecule has 2 rings (SSSR count). The Labute approximate surface area is 106 Å². The summed E-state index contributed by atoms with van der Waals surface area (Å²) < 4.78 is 0. The van der Waals surface area contributed by atoms with Gasteiger partial charge in [0.1, 0.15) is 0 Å². The number of hydrogen-bond acceptors (Lipinski definition) is 3. The number of nitrogens with zero attached hydrogens (tertiary/aromatic N) is 1. The molecule has 0 spiro atoms. The average molecular weight is 240 g/mol. The van der Waals surface area contributed by atoms with Gasteiger partial charge in [-0.25, -0.2) is 0 Å². The maximum atomic E-state index is 9.27. The molecule has 2 fully saturated rings. The molecule has 0 amide bonds. The van der Waals surface area contributed by atoms with Gasteiger partial charge in [0.05, 0.1) is 6.61 Å². The van der Waals surface area contributed by atoms with E-state index in [1.165, 1.54) is 45.1 Å². The summed E-state index contributed by atoms with van der Waals surface area (Å²) in [6.07, 6.45) is 8.01. The van der Waals surface area contributed by atoms with E-state index in [9.17, 15) is 5.11 Å². The third kappa shape index (κ3) is 3.94. The monoisotopic (exact) mass is 240 g/mol. The fourth-order valence-electron chi connectivity index (χ4n) is 3.21. The van der Waals surface area contributed by atoms with Crippen molar-refractivity contribution in [2.75, 3.05) is 26.2 Å². The van der Waals surface area contributed by atoms with Crippen molar-refractivity contribution < 1.29 is 5.11 Å². The molecule has 2 aliphatic rings. The third-order valence-electron chi connectivity index (χ3n) is 4.22. The minimum Gasteiger partial charge on any atom is -0.395 e. The highest BCUT2D eigenvalue weighted by Gasteiger charge is 2.35. The Morgan fingerprint density at radius 3 is 2.71 bits per heavy atom. The van der Waals surface area contributed by atoms with Crippen molar-refractivity contribution >= 4 is 0 Å². The Balaban J connectivity index is 1.87. The summed E-state index contributed by atoms with van der Waals surface area (Å²) in [5, 5.41) is 12.8. The molecule has 1 aliphatic heterocycles. The van der Waals surface area contributed by atoms with Crippen LogP contribution in [0, 0.1) is 5.92 Å². The van der Waals surface area contributed by atoms with Crippen LogP contribution in [-0.4, -0.2) is 48.3 Å². The van der Waals surface area contributed by atoms with Gasteiger partial charge in [-0.2, -0.15) is 0 Å². The van der Waals surface area contributed by atoms with Gasteiger partial charge in [-0.1, -0.05) is 13.3 Å². The molecule has 2 atom stereocenters. The van der Waals surface area contributed by atoms with Gasteiger partial charge in [-0.15, -0.1) is 0 Å². The normalized spacial score (nSPS) is 26.6. The van der Waals surface area contributed by atoms with Gasteiger partial charge in [-0.05, 0) is 44.6 Å². The first-order valence-corrected chi connectivity index (χ1v) is 7.43. The lowest BCUT2D eigenvalue weighted by molar-refractivity contribution is 0.120. The highest BCUT2D eigenvalue weighted by Crippen LogP contribution is 2.37. The number of rotatable bonds is 8. The van der Waals surface area contributed by atoms with Crippen molar-refractivity contribution in [3.8, 4) is 0 Å². The molecule has 1 saturated carbocycles. The molecule has 3 heteroatoms. The number of aliphatic hydroxyl groups excluding tert-OH is 1. The molecule has 17 heavy (non-hydrogen) atoms. The van der Waals surface area contributed by atoms with Gasteiger partial charge in [-0.3, -0.25) is 4.90 Å². The molecular formula is C14H28N2O. The molecule has 3 nitrogen and oxygen atoms in total. The first-order valence-electron chi connectivity index (χ1n) is 7.43. The standard InChI is InChI=1S/C14H28N2O/c1-2-4-14(12-6-7-12)16(9-10-17)11-13-5-3-8-15-13/h12-15,17H,2-11H2,1H3. The van der Waals surface area contributed by atoms with E-state index < -0.39 is 0 Å². The van der Waals surface area contributed by atoms with Crippen LogP contribution in [0.4, 0.5) is 0 Å². The van der Waals surface area contributed by atoms with Crippen molar-refractivity contribution in [1.29, 1.82) is 0 Å². The number of hydrogen-bond donors (Lipinski definition) is 2. The molecule has 0 aromatic heterocycles. The van der Waals surface area contributed by atoms with E-state index in [4.69, 9.17) is 0 Å². The summed E-state index contributed by atoms with van der Waals surface area (Å²) in [6, 6.07) is 1.40. The molecule has 0 radical (unpaired) electrons. The molecule has 1 aliphatic carbocycles. The topological polar surface area (TPSA) is 35.5 Å². The molecule has 2 unspecified atom stereocenters. The lowest BCUT2D eigenvalue weighted by Crippen LogP contribution is -2.45. The molecule has 1 heterocycles. The van der Waals surface area contributed by atoms with Gasteiger partial charge in [0.15, 0.2) is 0 Å². The fourth-order valence-corrected chi connectivity index (χ4v) is 3.21. The Kier molecular flexibility index (Phi) is 5.26. The average Bonchev–Trinajstić information content (AvgIpc) is 3.04. The summed E-state index contributed by atoms with van der Waals surface area (Å²) in [4.78, 5) is 2.56. The Hall–Kier alpha value is -0.120. The summed E-state index contributed by atoms with van der Waals surface area (Å²) in [6.45, 7) is 5.76. The summed E-state index contributed by atoms with van der Waals surface area (Å²) in [5.41, 5.74) is 0. The van der Waals surface area contributed by atoms with Crippen LogP contribution in [0.3, 0.4) is 0 Å². The predicted octanol–water partition coefficient (Wildman–Crippen LogP) is 1.61. The Morgan fingerprint density at radius 2 is 2.18 bits per heavy atom. The lowest BCUT2D eigenvalue weighted by Gasteiger charge is -2.33. The predicted molar refractivity (Wildman–Crippen MR) is 71.1 cm³/mol. The maximum Gasteiger partial charge on any atom is 0.0558 e. The van der Waals surface area contributed by atoms with Crippen molar-refractivity contribution in [3.05, 3.63) is 0 Å². The second-order valence-electron chi connectivity index (χ2n) is 5.71. The van der Waals surface area contributed by atoms with Crippen LogP contribution in [0.5, 0.6) is 0 Å². The minimum atomic E-state index is 0.305.